The van der Waals surface area contributed by atoms with Crippen LogP contribution in [-0.4, -0.2) is 42.9 Å². The first-order chi connectivity index (χ1) is 8.70. The van der Waals surface area contributed by atoms with Gasteiger partial charge in [0.1, 0.15) is 5.82 Å². The fourth-order valence-electron chi connectivity index (χ4n) is 1.52. The molecular formula is C9H15N7OS. The molecule has 0 aliphatic heterocycles. The lowest BCUT2D eigenvalue weighted by Crippen LogP contribution is -2.13. The van der Waals surface area contributed by atoms with E-state index in [1.165, 1.54) is 0 Å². The zero-order valence-electron chi connectivity index (χ0n) is 9.93. The Labute approximate surface area is 106 Å². The van der Waals surface area contributed by atoms with E-state index in [4.69, 9.17) is 5.84 Å². The molecule has 0 bridgehead atoms. The molecule has 0 spiro atoms. The molecule has 2 aromatic heterocycles. The van der Waals surface area contributed by atoms with Crippen LogP contribution in [0.4, 0.5) is 11.8 Å². The first kappa shape index (κ1) is 12.7. The van der Waals surface area contributed by atoms with Crippen molar-refractivity contribution in [3.05, 3.63) is 6.20 Å². The molecule has 9 heteroatoms. The van der Waals surface area contributed by atoms with E-state index >= 15 is 0 Å². The lowest BCUT2D eigenvalue weighted by Gasteiger charge is -2.07. The smallest absolute Gasteiger partial charge is 0.241 e. The highest BCUT2D eigenvalue weighted by atomic mass is 32.2. The molecule has 5 N–H and O–H groups in total. The maximum atomic E-state index is 10.9. The van der Waals surface area contributed by atoms with Crippen LogP contribution in [0.15, 0.2) is 6.20 Å². The number of nitrogen functional groups attached to an aromatic ring is 1. The lowest BCUT2D eigenvalue weighted by atomic mass is 10.4. The third kappa shape index (κ3) is 2.93. The molecule has 0 saturated heterocycles. The van der Waals surface area contributed by atoms with Crippen LogP contribution in [0.5, 0.6) is 0 Å². The predicted molar refractivity (Wildman–Crippen MR) is 71.5 cm³/mol. The second kappa shape index (κ2) is 5.74. The number of rotatable bonds is 6. The highest BCUT2D eigenvalue weighted by Crippen LogP contribution is 2.19. The predicted octanol–water partition coefficient (Wildman–Crippen LogP) is -0.181. The molecule has 18 heavy (non-hydrogen) atoms. The van der Waals surface area contributed by atoms with E-state index in [1.807, 2.05) is 0 Å². The standard InChI is InChI=1S/C9H15N7OS/c1-18(17)4-2-3-11-7-6-5-12-16-8(6)14-9(13-7)15-10/h5H,2-4,10H2,1H3,(H3,11,12,13,14,15,16). The molecule has 1 atom stereocenters. The molecule has 0 radical (unpaired) electrons. The summed E-state index contributed by atoms with van der Waals surface area (Å²) >= 11 is 0. The molecule has 1 unspecified atom stereocenters. The van der Waals surface area contributed by atoms with Gasteiger partial charge in [0.25, 0.3) is 0 Å². The van der Waals surface area contributed by atoms with Crippen molar-refractivity contribution in [2.24, 2.45) is 5.84 Å². The van der Waals surface area contributed by atoms with Gasteiger partial charge in [-0.15, -0.1) is 0 Å². The number of hydrogen-bond donors (Lipinski definition) is 4. The molecule has 0 saturated carbocycles. The maximum absolute atomic E-state index is 10.9. The Balaban J connectivity index is 2.10. The molecule has 98 valence electrons. The topological polar surface area (TPSA) is 122 Å². The molecule has 0 aliphatic carbocycles. The van der Waals surface area contributed by atoms with Crippen molar-refractivity contribution in [2.45, 2.75) is 6.42 Å². The summed E-state index contributed by atoms with van der Waals surface area (Å²) in [6.07, 6.45) is 4.14. The minimum Gasteiger partial charge on any atom is -0.369 e. The van der Waals surface area contributed by atoms with Gasteiger partial charge in [-0.05, 0) is 6.42 Å². The maximum Gasteiger partial charge on any atom is 0.241 e. The fourth-order valence-corrected chi connectivity index (χ4v) is 2.07. The van der Waals surface area contributed by atoms with Gasteiger partial charge in [0.05, 0.1) is 11.6 Å². The van der Waals surface area contributed by atoms with E-state index in [0.29, 0.717) is 29.7 Å². The van der Waals surface area contributed by atoms with Gasteiger partial charge in [0.2, 0.25) is 5.95 Å². The van der Waals surface area contributed by atoms with Gasteiger partial charge >= 0.3 is 0 Å². The third-order valence-corrected chi connectivity index (χ3v) is 3.20. The van der Waals surface area contributed by atoms with Crippen LogP contribution in [0.1, 0.15) is 6.42 Å². The van der Waals surface area contributed by atoms with Crippen molar-refractivity contribution in [1.29, 1.82) is 0 Å². The Kier molecular flexibility index (Phi) is 4.05. The summed E-state index contributed by atoms with van der Waals surface area (Å²) in [6, 6.07) is 0. The van der Waals surface area contributed by atoms with Crippen LogP contribution in [0, 0.1) is 0 Å². The van der Waals surface area contributed by atoms with Gasteiger partial charge in [-0.3, -0.25) is 14.7 Å². The molecule has 2 heterocycles. The van der Waals surface area contributed by atoms with Crippen molar-refractivity contribution in [3.63, 3.8) is 0 Å². The van der Waals surface area contributed by atoms with Gasteiger partial charge in [0, 0.05) is 29.4 Å². The number of hydrazine groups is 1. The lowest BCUT2D eigenvalue weighted by molar-refractivity contribution is 0.685. The molecular weight excluding hydrogens is 254 g/mol. The van der Waals surface area contributed by atoms with E-state index in [0.717, 1.165) is 11.8 Å². The number of aromatic amines is 1. The van der Waals surface area contributed by atoms with Crippen LogP contribution in [0.2, 0.25) is 0 Å². The second-order valence-electron chi connectivity index (χ2n) is 3.73. The summed E-state index contributed by atoms with van der Waals surface area (Å²) in [6.45, 7) is 0.681. The van der Waals surface area contributed by atoms with Gasteiger partial charge in [-0.25, -0.2) is 5.84 Å². The van der Waals surface area contributed by atoms with Crippen LogP contribution < -0.4 is 16.6 Å². The molecule has 0 aliphatic rings. The van der Waals surface area contributed by atoms with E-state index in [1.54, 1.807) is 12.5 Å². The number of nitrogens with one attached hydrogen (secondary N) is 3. The van der Waals surface area contributed by atoms with Gasteiger partial charge in [-0.2, -0.15) is 15.1 Å². The fraction of sp³-hybridized carbons (Fsp3) is 0.444. The Morgan fingerprint density at radius 1 is 1.50 bits per heavy atom. The second-order valence-corrected chi connectivity index (χ2v) is 5.28. The number of fused-ring (bicyclic) bond motifs is 1. The minimum atomic E-state index is -0.772. The van der Waals surface area contributed by atoms with E-state index < -0.39 is 10.8 Å². The summed E-state index contributed by atoms with van der Waals surface area (Å²) in [5, 5.41) is 10.6. The number of anilines is 2. The molecule has 8 nitrogen and oxygen atoms in total. The van der Waals surface area contributed by atoms with Gasteiger partial charge in [-0.1, -0.05) is 0 Å². The van der Waals surface area contributed by atoms with E-state index in [-0.39, 0.29) is 0 Å². The molecule has 0 fully saturated rings. The van der Waals surface area contributed by atoms with Crippen LogP contribution >= 0.6 is 0 Å². The normalized spacial score (nSPS) is 12.6. The van der Waals surface area contributed by atoms with Crippen molar-refractivity contribution in [2.75, 3.05) is 29.3 Å². The van der Waals surface area contributed by atoms with Crippen molar-refractivity contribution < 1.29 is 4.21 Å². The summed E-state index contributed by atoms with van der Waals surface area (Å²) < 4.78 is 10.9. The number of aromatic nitrogens is 4. The van der Waals surface area contributed by atoms with Crippen LogP contribution in [-0.2, 0) is 10.8 Å². The molecule has 0 aromatic carbocycles. The molecule has 2 aromatic rings. The number of nitrogens with two attached hydrogens (primary N) is 1. The van der Waals surface area contributed by atoms with Gasteiger partial charge < -0.3 is 5.32 Å². The zero-order chi connectivity index (χ0) is 13.0. The highest BCUT2D eigenvalue weighted by Gasteiger charge is 2.08. The quantitative estimate of drug-likeness (QED) is 0.326. The largest absolute Gasteiger partial charge is 0.369 e. The van der Waals surface area contributed by atoms with Crippen molar-refractivity contribution in [3.8, 4) is 0 Å². The van der Waals surface area contributed by atoms with E-state index in [9.17, 15) is 4.21 Å². The number of nitrogens with zero attached hydrogens (tertiary/aromatic N) is 3. The SMILES string of the molecule is CS(=O)CCCNc1nc(NN)nc2[nH]ncc12. The minimum absolute atomic E-state index is 0.313. The summed E-state index contributed by atoms with van der Waals surface area (Å²) in [7, 11) is -0.772. The Morgan fingerprint density at radius 2 is 2.33 bits per heavy atom. The summed E-state index contributed by atoms with van der Waals surface area (Å²) in [5.41, 5.74) is 3.01. The highest BCUT2D eigenvalue weighted by molar-refractivity contribution is 7.84. The Bertz CT molecular complexity index is 555. The first-order valence-electron chi connectivity index (χ1n) is 5.42. The van der Waals surface area contributed by atoms with Crippen LogP contribution in [0.25, 0.3) is 11.0 Å². The van der Waals surface area contributed by atoms with Crippen LogP contribution in [0.3, 0.4) is 0 Å². The Hall–Kier alpha value is -1.74. The average molecular weight is 269 g/mol. The summed E-state index contributed by atoms with van der Waals surface area (Å²) in [4.78, 5) is 8.33. The monoisotopic (exact) mass is 269 g/mol. The number of H-pyrrole nitrogens is 1. The third-order valence-electron chi connectivity index (χ3n) is 2.34. The summed E-state index contributed by atoms with van der Waals surface area (Å²) in [5.74, 6) is 6.93. The van der Waals surface area contributed by atoms with Crippen molar-refractivity contribution >= 4 is 33.6 Å². The number of hydrogen-bond acceptors (Lipinski definition) is 7. The Morgan fingerprint density at radius 3 is 3.06 bits per heavy atom. The first-order valence-corrected chi connectivity index (χ1v) is 7.15. The van der Waals surface area contributed by atoms with E-state index in [2.05, 4.69) is 30.9 Å². The van der Waals surface area contributed by atoms with Gasteiger partial charge in [0.15, 0.2) is 5.65 Å². The van der Waals surface area contributed by atoms with Crippen molar-refractivity contribution in [1.82, 2.24) is 20.2 Å². The molecule has 2 rings (SSSR count). The molecule has 0 amide bonds. The average Bonchev–Trinajstić information content (AvgIpc) is 2.82. The zero-order valence-corrected chi connectivity index (χ0v) is 10.8.